The van der Waals surface area contributed by atoms with Gasteiger partial charge in [0.1, 0.15) is 0 Å². The summed E-state index contributed by atoms with van der Waals surface area (Å²) >= 11 is 2.54. The Hall–Kier alpha value is 1.46. The van der Waals surface area contributed by atoms with Crippen LogP contribution >= 0.6 is 34.5 Å². The molecule has 48 valence electrons. The average molecular weight is 336 g/mol. The molecule has 2 rings (SSSR count). The number of hydrogen-bond acceptors (Lipinski definition) is 0. The molecule has 0 N–H and O–H groups in total. The van der Waals surface area contributed by atoms with Crippen LogP contribution in [0.15, 0.2) is 0 Å². The van der Waals surface area contributed by atoms with E-state index < -0.39 is 0 Å². The predicted molar refractivity (Wildman–Crippen MR) is 54.1 cm³/mol. The molecule has 0 aromatic heterocycles. The van der Waals surface area contributed by atoms with Crippen molar-refractivity contribution in [3.05, 3.63) is 0 Å². The molecule has 8 heavy (non-hydrogen) atoms. The van der Waals surface area contributed by atoms with Crippen molar-refractivity contribution >= 4 is 34.5 Å². The van der Waals surface area contributed by atoms with Gasteiger partial charge in [0.15, 0.2) is 0 Å². The van der Waals surface area contributed by atoms with Crippen LogP contribution < -0.4 is 0 Å². The monoisotopic (exact) mass is 336 g/mol. The normalized spacial score (nSPS) is 48.4. The first-order valence-electron chi connectivity index (χ1n) is 3.23. The van der Waals surface area contributed by atoms with E-state index in [2.05, 4.69) is 18.6 Å². The minimum atomic E-state index is -0.235. The van der Waals surface area contributed by atoms with Crippen LogP contribution in [-0.4, -0.2) is 7.85 Å². The van der Waals surface area contributed by atoms with Crippen molar-refractivity contribution < 1.29 is 0 Å². The van der Waals surface area contributed by atoms with Gasteiger partial charge in [-0.3, -0.25) is 0 Å². The first kappa shape index (κ1) is 6.19. The molecule has 1 saturated heterocycles. The molecule has 1 aliphatic heterocycles. The zero-order valence-corrected chi connectivity index (χ0v) is 9.05. The van der Waals surface area contributed by atoms with E-state index in [0.29, 0.717) is 0 Å². The Balaban J connectivity index is 1.97. The van der Waals surface area contributed by atoms with Crippen LogP contribution in [0, 0.1) is 0 Å². The van der Waals surface area contributed by atoms with Crippen LogP contribution in [-0.2, 0) is 0 Å². The molecule has 0 bridgehead atoms. The van der Waals surface area contributed by atoms with E-state index in [9.17, 15) is 0 Å². The Kier molecular flexibility index (Phi) is 1.74. The summed E-state index contributed by atoms with van der Waals surface area (Å²) in [7, 11) is 0. The molecule has 0 spiro atoms. The maximum atomic E-state index is 2.78. The number of alkyl halides is 2. The molecule has 1 aliphatic carbocycles. The molecule has 2 fully saturated rings. The summed E-state index contributed by atoms with van der Waals surface area (Å²) in [6.45, 7) is 0. The molecule has 0 amide bonds. The molecule has 1 saturated carbocycles. The topological polar surface area (TPSA) is 0 Å². The van der Waals surface area contributed by atoms with Crippen LogP contribution in [0.25, 0.3) is 0 Å². The maximum absolute atomic E-state index is 2.78. The molecular weight excluding hydrogens is 326 g/mol. The van der Waals surface area contributed by atoms with Crippen LogP contribution in [0.5, 0.6) is 0 Å². The second-order valence-electron chi connectivity index (χ2n) is 2.61. The SMILES string of the molecule is II1[C@@H]2CCCC[C@@H]21. The van der Waals surface area contributed by atoms with Crippen molar-refractivity contribution in [3.63, 3.8) is 0 Å². The third kappa shape index (κ3) is 0.914. The third-order valence-electron chi connectivity index (χ3n) is 2.07. The van der Waals surface area contributed by atoms with Gasteiger partial charge in [-0.2, -0.15) is 0 Å². The van der Waals surface area contributed by atoms with Crippen LogP contribution in [0.4, 0.5) is 0 Å². The van der Waals surface area contributed by atoms with Crippen molar-refractivity contribution in [2.24, 2.45) is 0 Å². The Morgan fingerprint density at radius 2 is 1.62 bits per heavy atom. The van der Waals surface area contributed by atoms with Gasteiger partial charge in [-0.25, -0.2) is 0 Å². The summed E-state index contributed by atoms with van der Waals surface area (Å²) in [6.07, 6.45) is 6.33. The Morgan fingerprint density at radius 1 is 1.12 bits per heavy atom. The van der Waals surface area contributed by atoms with E-state index in [1.807, 2.05) is 0 Å². The van der Waals surface area contributed by atoms with Gasteiger partial charge in [0.05, 0.1) is 0 Å². The second kappa shape index (κ2) is 2.25. The Bertz CT molecular complexity index is 90.7. The molecule has 2 heteroatoms. The van der Waals surface area contributed by atoms with Gasteiger partial charge in [-0.1, -0.05) is 0 Å². The van der Waals surface area contributed by atoms with Crippen molar-refractivity contribution in [2.45, 2.75) is 33.5 Å². The summed E-state index contributed by atoms with van der Waals surface area (Å²) in [5, 5.41) is 0. The van der Waals surface area contributed by atoms with Gasteiger partial charge in [-0.15, -0.1) is 0 Å². The van der Waals surface area contributed by atoms with Crippen LogP contribution in [0.3, 0.4) is 0 Å². The summed E-state index contributed by atoms with van der Waals surface area (Å²) in [5.41, 5.74) is 0. The van der Waals surface area contributed by atoms with Gasteiger partial charge in [0.25, 0.3) is 0 Å². The predicted octanol–water partition coefficient (Wildman–Crippen LogP) is 3.17. The van der Waals surface area contributed by atoms with E-state index >= 15 is 0 Å². The van der Waals surface area contributed by atoms with Crippen LogP contribution in [0.1, 0.15) is 25.7 Å². The van der Waals surface area contributed by atoms with Gasteiger partial charge in [0, 0.05) is 0 Å². The van der Waals surface area contributed by atoms with E-state index in [1.165, 1.54) is 7.85 Å². The summed E-state index contributed by atoms with van der Waals surface area (Å²) in [4.78, 5) is 0. The van der Waals surface area contributed by atoms with Gasteiger partial charge in [0.2, 0.25) is 0 Å². The zero-order valence-electron chi connectivity index (χ0n) is 4.74. The first-order chi connectivity index (χ1) is 3.89. The fraction of sp³-hybridized carbons (Fsp3) is 1.00. The molecule has 0 aromatic rings. The van der Waals surface area contributed by atoms with Crippen molar-refractivity contribution in [1.29, 1.82) is 0 Å². The van der Waals surface area contributed by atoms with Crippen LogP contribution in [0.2, 0.25) is 0 Å². The molecule has 0 unspecified atom stereocenters. The van der Waals surface area contributed by atoms with E-state index in [-0.39, 0.29) is 15.8 Å². The number of hydrogen-bond donors (Lipinski definition) is 0. The second-order valence-corrected chi connectivity index (χ2v) is 13.8. The fourth-order valence-electron chi connectivity index (χ4n) is 1.50. The zero-order chi connectivity index (χ0) is 5.56. The summed E-state index contributed by atoms with van der Waals surface area (Å²) < 4.78 is 2.63. The Labute approximate surface area is 67.4 Å². The quantitative estimate of drug-likeness (QED) is 0.471. The van der Waals surface area contributed by atoms with E-state index in [1.54, 1.807) is 25.7 Å². The first-order valence-corrected chi connectivity index (χ1v) is 12.0. The third-order valence-corrected chi connectivity index (χ3v) is 15.4. The fourth-order valence-corrected chi connectivity index (χ4v) is 16.8. The summed E-state index contributed by atoms with van der Waals surface area (Å²) in [5.74, 6) is 0. The van der Waals surface area contributed by atoms with E-state index in [0.717, 1.165) is 0 Å². The molecule has 1 heterocycles. The Morgan fingerprint density at radius 3 is 2.00 bits per heavy atom. The van der Waals surface area contributed by atoms with Gasteiger partial charge >= 0.3 is 68.0 Å². The molecule has 2 aliphatic rings. The van der Waals surface area contributed by atoms with Crippen molar-refractivity contribution in [1.82, 2.24) is 0 Å². The molecule has 0 aromatic carbocycles. The van der Waals surface area contributed by atoms with E-state index in [4.69, 9.17) is 0 Å². The van der Waals surface area contributed by atoms with Crippen molar-refractivity contribution in [3.8, 4) is 0 Å². The minimum absolute atomic E-state index is 0.235. The number of fused-ring (bicyclic) bond motifs is 1. The molecular formula is C6H10I2. The summed E-state index contributed by atoms with van der Waals surface area (Å²) in [6, 6.07) is 0. The van der Waals surface area contributed by atoms with Crippen molar-refractivity contribution in [2.75, 3.05) is 0 Å². The average Bonchev–Trinajstić information content (AvgIpc) is 2.46. The van der Waals surface area contributed by atoms with Gasteiger partial charge in [-0.05, 0) is 0 Å². The number of halogens is 2. The molecule has 0 nitrogen and oxygen atoms in total. The van der Waals surface area contributed by atoms with Gasteiger partial charge < -0.3 is 0 Å². The number of rotatable bonds is 0. The standard InChI is InChI=1S/C6H10I2/c7-8-5-3-1-2-4-6(5)8/h5-6H,1-4H2/t5-,6+. The molecule has 2 atom stereocenters. The molecule has 0 radical (unpaired) electrons.